The number of furan rings is 1. The number of hydrogen-bond donors (Lipinski definition) is 0. The van der Waals surface area contributed by atoms with Gasteiger partial charge in [0.15, 0.2) is 0 Å². The third-order valence-corrected chi connectivity index (χ3v) is 11.4. The van der Waals surface area contributed by atoms with E-state index in [1.807, 2.05) is 0 Å². The second-order valence-corrected chi connectivity index (χ2v) is 14.7. The van der Waals surface area contributed by atoms with Gasteiger partial charge in [-0.3, -0.25) is 0 Å². The van der Waals surface area contributed by atoms with Crippen LogP contribution in [-0.2, 0) is 6.42 Å². The molecule has 2 aliphatic rings. The summed E-state index contributed by atoms with van der Waals surface area (Å²) < 4.78 is 8.66. The van der Waals surface area contributed by atoms with E-state index in [2.05, 4.69) is 191 Å². The van der Waals surface area contributed by atoms with Gasteiger partial charge in [-0.2, -0.15) is 0 Å². The summed E-state index contributed by atoms with van der Waals surface area (Å²) in [5.74, 6) is 1.11. The molecular weight excluding hydrogens is 669 g/mol. The fourth-order valence-electron chi connectivity index (χ4n) is 8.90. The molecule has 2 aliphatic carbocycles. The van der Waals surface area contributed by atoms with E-state index in [0.717, 1.165) is 54.1 Å². The summed E-state index contributed by atoms with van der Waals surface area (Å²) in [6, 6.07) is 57.6. The number of aryl methyl sites for hydroxylation is 1. The minimum Gasteiger partial charge on any atom is -0.460 e. The van der Waals surface area contributed by atoms with Crippen LogP contribution in [-0.4, -0.2) is 4.57 Å². The largest absolute Gasteiger partial charge is 0.460 e. The number of anilines is 2. The van der Waals surface area contributed by atoms with Crippen molar-refractivity contribution in [2.75, 3.05) is 4.90 Å². The van der Waals surface area contributed by atoms with Crippen molar-refractivity contribution in [1.29, 1.82) is 0 Å². The van der Waals surface area contributed by atoms with Crippen LogP contribution in [0.15, 0.2) is 186 Å². The van der Waals surface area contributed by atoms with E-state index in [4.69, 9.17) is 4.42 Å². The van der Waals surface area contributed by atoms with E-state index in [1.54, 1.807) is 0 Å². The molecule has 0 bridgehead atoms. The Morgan fingerprint density at radius 2 is 1.27 bits per heavy atom. The van der Waals surface area contributed by atoms with Gasteiger partial charge in [-0.05, 0) is 107 Å². The molecule has 0 spiro atoms. The summed E-state index contributed by atoms with van der Waals surface area (Å²) in [7, 11) is 0. The van der Waals surface area contributed by atoms with Gasteiger partial charge in [0.25, 0.3) is 0 Å². The Bertz CT molecular complexity index is 3010. The molecule has 0 aliphatic heterocycles. The Labute approximate surface area is 320 Å². The molecule has 0 atom stereocenters. The maximum atomic E-state index is 6.27. The Balaban J connectivity index is 1.04. The summed E-state index contributed by atoms with van der Waals surface area (Å²) in [4.78, 5) is 2.46. The van der Waals surface area contributed by atoms with Gasteiger partial charge in [0.05, 0.1) is 11.0 Å². The lowest BCUT2D eigenvalue weighted by Gasteiger charge is -2.31. The predicted molar refractivity (Wildman–Crippen MR) is 231 cm³/mol. The number of rotatable bonds is 6. The van der Waals surface area contributed by atoms with E-state index >= 15 is 0 Å². The van der Waals surface area contributed by atoms with Crippen LogP contribution in [0.2, 0.25) is 0 Å². The van der Waals surface area contributed by atoms with Crippen LogP contribution in [0.25, 0.3) is 72.0 Å². The Kier molecular flexibility index (Phi) is 7.44. The summed E-state index contributed by atoms with van der Waals surface area (Å²) in [6.07, 6.45) is 13.4. The highest BCUT2D eigenvalue weighted by Gasteiger charge is 2.23. The number of para-hydroxylation sites is 2. The molecule has 3 nitrogen and oxygen atoms in total. The van der Waals surface area contributed by atoms with Gasteiger partial charge in [0.1, 0.15) is 11.3 Å². The molecule has 2 aromatic heterocycles. The molecule has 11 rings (SSSR count). The van der Waals surface area contributed by atoms with Gasteiger partial charge in [-0.1, -0.05) is 121 Å². The van der Waals surface area contributed by atoms with Crippen molar-refractivity contribution in [3.05, 3.63) is 199 Å². The monoisotopic (exact) mass is 706 g/mol. The zero-order valence-electron chi connectivity index (χ0n) is 30.5. The number of allylic oxidation sites excluding steroid dienone is 4. The van der Waals surface area contributed by atoms with Crippen molar-refractivity contribution in [2.45, 2.75) is 25.7 Å². The first kappa shape index (κ1) is 31.7. The van der Waals surface area contributed by atoms with E-state index < -0.39 is 0 Å². The van der Waals surface area contributed by atoms with Gasteiger partial charge in [0, 0.05) is 56.5 Å². The normalized spacial score (nSPS) is 14.0. The van der Waals surface area contributed by atoms with Gasteiger partial charge < -0.3 is 13.9 Å². The molecule has 0 fully saturated rings. The summed E-state index contributed by atoms with van der Waals surface area (Å²) in [6.45, 7) is 0. The average Bonchev–Trinajstić information content (AvgIpc) is 3.81. The maximum Gasteiger partial charge on any atom is 0.135 e. The first-order valence-electron chi connectivity index (χ1n) is 19.4. The van der Waals surface area contributed by atoms with Crippen LogP contribution >= 0.6 is 0 Å². The van der Waals surface area contributed by atoms with Crippen molar-refractivity contribution in [2.24, 2.45) is 0 Å². The molecule has 0 unspecified atom stereocenters. The first-order chi connectivity index (χ1) is 27.3. The number of aromatic nitrogens is 1. The van der Waals surface area contributed by atoms with Crippen molar-refractivity contribution < 1.29 is 4.42 Å². The fourth-order valence-corrected chi connectivity index (χ4v) is 8.90. The molecule has 0 saturated heterocycles. The molecular formula is C52H38N2O. The van der Waals surface area contributed by atoms with Gasteiger partial charge in [0.2, 0.25) is 0 Å². The zero-order chi connectivity index (χ0) is 36.3. The highest BCUT2D eigenvalue weighted by atomic mass is 16.3. The minimum absolute atomic E-state index is 0.966. The molecule has 55 heavy (non-hydrogen) atoms. The third-order valence-electron chi connectivity index (χ3n) is 11.4. The minimum atomic E-state index is 0.966. The second kappa shape index (κ2) is 12.9. The number of nitrogens with zero attached hydrogens (tertiary/aromatic N) is 2. The Morgan fingerprint density at radius 3 is 2.15 bits per heavy atom. The summed E-state index contributed by atoms with van der Waals surface area (Å²) >= 11 is 0. The van der Waals surface area contributed by atoms with E-state index in [9.17, 15) is 0 Å². The van der Waals surface area contributed by atoms with Crippen LogP contribution in [0.3, 0.4) is 0 Å². The van der Waals surface area contributed by atoms with Crippen molar-refractivity contribution in [1.82, 2.24) is 4.57 Å². The van der Waals surface area contributed by atoms with Gasteiger partial charge in [-0.25, -0.2) is 0 Å². The maximum absolute atomic E-state index is 6.27. The zero-order valence-corrected chi connectivity index (χ0v) is 30.5. The number of benzene rings is 7. The molecule has 9 aromatic rings. The standard InChI is InChI=1S/C52H38N2O/c1-3-13-36(14-4-1)42-17-7-10-20-47(42)53(41-29-31-49-46(34-41)44-18-8-11-21-48(44)54(49)39-15-5-2-6-16-39)40-27-23-35(24-28-40)37-25-30-43-38(33-37)26-32-51-52(43)45-19-9-12-22-50(45)55-51/h1-6,8-9,11,13-21,23-34H,7,10,12,22H2. The fraction of sp³-hybridized carbons (Fsp3) is 0.0769. The Hall–Kier alpha value is -6.84. The van der Waals surface area contributed by atoms with Gasteiger partial charge in [-0.15, -0.1) is 0 Å². The molecule has 3 heteroatoms. The summed E-state index contributed by atoms with van der Waals surface area (Å²) in [5, 5.41) is 6.18. The number of hydrogen-bond acceptors (Lipinski definition) is 2. The highest BCUT2D eigenvalue weighted by Crippen LogP contribution is 2.43. The smallest absolute Gasteiger partial charge is 0.135 e. The molecule has 0 radical (unpaired) electrons. The van der Waals surface area contributed by atoms with E-state index in [0.29, 0.717) is 0 Å². The lowest BCUT2D eigenvalue weighted by atomic mass is 9.94. The second-order valence-electron chi connectivity index (χ2n) is 14.7. The Morgan fingerprint density at radius 1 is 0.527 bits per heavy atom. The molecule has 2 heterocycles. The van der Waals surface area contributed by atoms with Gasteiger partial charge >= 0.3 is 0 Å². The van der Waals surface area contributed by atoms with E-state index in [1.165, 1.54) is 71.5 Å². The molecule has 0 amide bonds. The topological polar surface area (TPSA) is 21.3 Å². The van der Waals surface area contributed by atoms with Crippen molar-refractivity contribution in [3.8, 4) is 16.8 Å². The van der Waals surface area contributed by atoms with Crippen molar-refractivity contribution >= 4 is 66.6 Å². The molecule has 262 valence electrons. The van der Waals surface area contributed by atoms with Crippen LogP contribution in [0, 0.1) is 0 Å². The van der Waals surface area contributed by atoms with Crippen LogP contribution in [0.5, 0.6) is 0 Å². The van der Waals surface area contributed by atoms with Crippen LogP contribution in [0.4, 0.5) is 11.4 Å². The van der Waals surface area contributed by atoms with E-state index in [-0.39, 0.29) is 0 Å². The lowest BCUT2D eigenvalue weighted by Crippen LogP contribution is -2.19. The van der Waals surface area contributed by atoms with Crippen molar-refractivity contribution in [3.63, 3.8) is 0 Å². The van der Waals surface area contributed by atoms with Crippen LogP contribution in [0.1, 0.15) is 36.1 Å². The first-order valence-corrected chi connectivity index (χ1v) is 19.4. The highest BCUT2D eigenvalue weighted by molar-refractivity contribution is 6.12. The SMILES string of the molecule is C1=Cc2c(oc3ccc4cc(-c5ccc(N(C6=CCCC=C6c6ccccc6)c6ccc7c(c6)c6ccccc6n7-c6ccccc6)cc5)ccc4c23)CC1. The predicted octanol–water partition coefficient (Wildman–Crippen LogP) is 14.2. The average molecular weight is 707 g/mol. The number of fused-ring (bicyclic) bond motifs is 8. The molecule has 0 saturated carbocycles. The molecule has 0 N–H and O–H groups in total. The van der Waals surface area contributed by atoms with Crippen LogP contribution < -0.4 is 4.90 Å². The molecule has 7 aromatic carbocycles. The lowest BCUT2D eigenvalue weighted by molar-refractivity contribution is 0.546. The quantitative estimate of drug-likeness (QED) is 0.172. The summed E-state index contributed by atoms with van der Waals surface area (Å²) in [5.41, 5.74) is 14.2. The third kappa shape index (κ3) is 5.26.